The molecular weight excluding hydrogens is 510 g/mol. The lowest BCUT2D eigenvalue weighted by molar-refractivity contribution is 0.0343. The van der Waals surface area contributed by atoms with E-state index in [0.717, 1.165) is 5.56 Å². The fraction of sp³-hybridized carbons (Fsp3) is 0.367. The van der Waals surface area contributed by atoms with Crippen molar-refractivity contribution < 1.29 is 24.2 Å². The molecule has 0 saturated heterocycles. The average Bonchev–Trinajstić information content (AvgIpc) is 2.95. The summed E-state index contributed by atoms with van der Waals surface area (Å²) in [6.07, 6.45) is 3.23. The van der Waals surface area contributed by atoms with E-state index in [0.29, 0.717) is 48.1 Å². The minimum atomic E-state index is -0.475. The second-order valence-corrected chi connectivity index (χ2v) is 10.2. The van der Waals surface area contributed by atoms with E-state index >= 15 is 0 Å². The number of pyridine rings is 1. The van der Waals surface area contributed by atoms with Crippen LogP contribution >= 0.6 is 0 Å². The minimum absolute atomic E-state index is 0.0628. The van der Waals surface area contributed by atoms with Crippen LogP contribution in [-0.4, -0.2) is 77.8 Å². The first-order valence-corrected chi connectivity index (χ1v) is 13.3. The van der Waals surface area contributed by atoms with Crippen molar-refractivity contribution in [1.29, 1.82) is 0 Å². The zero-order valence-electron chi connectivity index (χ0n) is 23.3. The first kappa shape index (κ1) is 28.8. The number of aromatic nitrogens is 1. The van der Waals surface area contributed by atoms with Crippen LogP contribution in [-0.2, 0) is 6.54 Å². The normalized spacial score (nSPS) is 17.8. The van der Waals surface area contributed by atoms with Gasteiger partial charge in [0.2, 0.25) is 0 Å². The Hall–Kier alpha value is -4.15. The molecule has 1 aromatic heterocycles. The Morgan fingerprint density at radius 1 is 1.18 bits per heavy atom. The smallest absolute Gasteiger partial charge is 0.323 e. The summed E-state index contributed by atoms with van der Waals surface area (Å²) >= 11 is 0. The molecule has 10 nitrogen and oxygen atoms in total. The number of fused-ring (bicyclic) bond motifs is 1. The van der Waals surface area contributed by atoms with Crippen LogP contribution in [0.25, 0.3) is 0 Å². The van der Waals surface area contributed by atoms with Gasteiger partial charge in [-0.25, -0.2) is 4.79 Å². The molecule has 40 heavy (non-hydrogen) atoms. The monoisotopic (exact) mass is 547 g/mol. The molecule has 3 amide bonds. The lowest BCUT2D eigenvalue weighted by atomic mass is 9.99. The van der Waals surface area contributed by atoms with Crippen LogP contribution in [0.2, 0.25) is 0 Å². The number of aliphatic hydroxyl groups is 1. The first-order chi connectivity index (χ1) is 19.3. The summed E-state index contributed by atoms with van der Waals surface area (Å²) in [5.74, 6) is 0.665. The number of nitrogens with one attached hydrogen (secondary N) is 2. The standard InChI is InChI=1S/C30H37N5O5/c1-20-16-35(21(2)19-36)29(37)25-6-5-7-26(33-30(38)32-23-8-10-24(39-4)11-9-23)28(25)40-27(20)18-34(3)17-22-12-14-31-15-13-22/h5-15,20-21,27,36H,16-19H2,1-4H3,(H2,32,33,38)/t20-,21+,27-/m0/s1. The van der Waals surface area contributed by atoms with Crippen molar-refractivity contribution in [1.82, 2.24) is 14.8 Å². The number of methoxy groups -OCH3 is 1. The molecule has 0 fully saturated rings. The number of aliphatic hydroxyl groups excluding tert-OH is 1. The molecule has 1 aliphatic heterocycles. The average molecular weight is 548 g/mol. The van der Waals surface area contributed by atoms with E-state index < -0.39 is 6.03 Å². The molecule has 2 aromatic carbocycles. The lowest BCUT2D eigenvalue weighted by Crippen LogP contribution is -2.49. The highest BCUT2D eigenvalue weighted by atomic mass is 16.5. The van der Waals surface area contributed by atoms with Crippen molar-refractivity contribution in [3.63, 3.8) is 0 Å². The molecule has 0 aliphatic carbocycles. The highest BCUT2D eigenvalue weighted by Gasteiger charge is 2.34. The van der Waals surface area contributed by atoms with Crippen molar-refractivity contribution in [2.24, 2.45) is 5.92 Å². The number of hydrogen-bond donors (Lipinski definition) is 3. The van der Waals surface area contributed by atoms with Crippen molar-refractivity contribution in [2.75, 3.05) is 44.5 Å². The molecule has 1 aliphatic rings. The number of para-hydroxylation sites is 1. The van der Waals surface area contributed by atoms with Gasteiger partial charge in [-0.1, -0.05) is 13.0 Å². The molecule has 3 atom stereocenters. The van der Waals surface area contributed by atoms with Gasteiger partial charge in [0.25, 0.3) is 5.91 Å². The Kier molecular flexibility index (Phi) is 9.57. The van der Waals surface area contributed by atoms with Crippen LogP contribution in [0.15, 0.2) is 67.0 Å². The molecule has 0 spiro atoms. The molecule has 10 heteroatoms. The Bertz CT molecular complexity index is 1290. The molecular formula is C30H37N5O5. The Balaban J connectivity index is 1.61. The number of carbonyl (C=O) groups is 2. The van der Waals surface area contributed by atoms with E-state index in [-0.39, 0.29) is 30.6 Å². The van der Waals surface area contributed by atoms with Crippen molar-refractivity contribution in [2.45, 2.75) is 32.5 Å². The van der Waals surface area contributed by atoms with Gasteiger partial charge in [0.1, 0.15) is 11.9 Å². The van der Waals surface area contributed by atoms with Gasteiger partial charge in [0, 0.05) is 43.6 Å². The summed E-state index contributed by atoms with van der Waals surface area (Å²) in [6, 6.07) is 15.2. The maximum Gasteiger partial charge on any atom is 0.323 e. The fourth-order valence-corrected chi connectivity index (χ4v) is 4.69. The topological polar surface area (TPSA) is 116 Å². The summed E-state index contributed by atoms with van der Waals surface area (Å²) in [5, 5.41) is 15.6. The van der Waals surface area contributed by atoms with Gasteiger partial charge in [0.05, 0.1) is 31.0 Å². The molecule has 0 saturated carbocycles. The van der Waals surface area contributed by atoms with Crippen LogP contribution in [0, 0.1) is 5.92 Å². The number of carbonyl (C=O) groups excluding carboxylic acids is 2. The predicted octanol–water partition coefficient (Wildman–Crippen LogP) is 4.09. The van der Waals surface area contributed by atoms with Crippen molar-refractivity contribution >= 4 is 23.3 Å². The van der Waals surface area contributed by atoms with Gasteiger partial charge >= 0.3 is 6.03 Å². The van der Waals surface area contributed by atoms with Gasteiger partial charge in [0.15, 0.2) is 5.75 Å². The number of anilines is 2. The molecule has 3 aromatic rings. The highest BCUT2D eigenvalue weighted by molar-refractivity contribution is 6.04. The van der Waals surface area contributed by atoms with E-state index in [1.807, 2.05) is 33.0 Å². The number of ether oxygens (including phenoxy) is 2. The van der Waals surface area contributed by atoms with Crippen LogP contribution < -0.4 is 20.1 Å². The first-order valence-electron chi connectivity index (χ1n) is 13.3. The number of rotatable bonds is 9. The summed E-state index contributed by atoms with van der Waals surface area (Å²) in [7, 11) is 3.59. The van der Waals surface area contributed by atoms with Crippen molar-refractivity contribution in [3.8, 4) is 11.5 Å². The summed E-state index contributed by atoms with van der Waals surface area (Å²) in [6.45, 7) is 5.38. The summed E-state index contributed by atoms with van der Waals surface area (Å²) in [4.78, 5) is 34.6. The van der Waals surface area contributed by atoms with E-state index in [2.05, 4.69) is 20.5 Å². The number of benzene rings is 2. The molecule has 4 rings (SSSR count). The second-order valence-electron chi connectivity index (χ2n) is 10.2. The third-order valence-electron chi connectivity index (χ3n) is 6.98. The maximum atomic E-state index is 13.7. The number of amides is 3. The zero-order chi connectivity index (χ0) is 28.6. The summed E-state index contributed by atoms with van der Waals surface area (Å²) in [5.41, 5.74) is 2.42. The lowest BCUT2D eigenvalue weighted by Gasteiger charge is -2.38. The Labute approximate surface area is 234 Å². The van der Waals surface area contributed by atoms with Gasteiger partial charge < -0.3 is 30.1 Å². The summed E-state index contributed by atoms with van der Waals surface area (Å²) < 4.78 is 11.8. The third kappa shape index (κ3) is 7.08. The molecule has 0 bridgehead atoms. The Morgan fingerprint density at radius 3 is 2.58 bits per heavy atom. The van der Waals surface area contributed by atoms with Gasteiger partial charge in [-0.3, -0.25) is 14.7 Å². The Morgan fingerprint density at radius 2 is 1.90 bits per heavy atom. The molecule has 212 valence electrons. The fourth-order valence-electron chi connectivity index (χ4n) is 4.69. The van der Waals surface area contributed by atoms with Gasteiger partial charge in [-0.05, 0) is 68.1 Å². The quantitative estimate of drug-likeness (QED) is 0.370. The van der Waals surface area contributed by atoms with Crippen molar-refractivity contribution in [3.05, 3.63) is 78.1 Å². The van der Waals surface area contributed by atoms with Crippen LogP contribution in [0.5, 0.6) is 11.5 Å². The highest BCUT2D eigenvalue weighted by Crippen LogP contribution is 2.35. The minimum Gasteiger partial charge on any atom is -0.497 e. The van der Waals surface area contributed by atoms with Gasteiger partial charge in [-0.15, -0.1) is 0 Å². The van der Waals surface area contributed by atoms with Gasteiger partial charge in [-0.2, -0.15) is 0 Å². The largest absolute Gasteiger partial charge is 0.497 e. The predicted molar refractivity (Wildman–Crippen MR) is 154 cm³/mol. The van der Waals surface area contributed by atoms with E-state index in [4.69, 9.17) is 9.47 Å². The zero-order valence-corrected chi connectivity index (χ0v) is 23.3. The number of likely N-dealkylation sites (N-methyl/N-ethyl adjacent to an activating group) is 1. The van der Waals surface area contributed by atoms with Crippen LogP contribution in [0.4, 0.5) is 16.2 Å². The van der Waals surface area contributed by atoms with E-state index in [1.165, 1.54) is 0 Å². The number of nitrogens with zero attached hydrogens (tertiary/aromatic N) is 3. The molecule has 3 N–H and O–H groups in total. The van der Waals surface area contributed by atoms with Crippen LogP contribution in [0.3, 0.4) is 0 Å². The number of hydrogen-bond acceptors (Lipinski definition) is 7. The number of urea groups is 1. The molecule has 0 radical (unpaired) electrons. The molecule has 2 heterocycles. The third-order valence-corrected chi connectivity index (χ3v) is 6.98. The van der Waals surface area contributed by atoms with E-state index in [9.17, 15) is 14.7 Å². The molecule has 0 unspecified atom stereocenters. The SMILES string of the molecule is COc1ccc(NC(=O)Nc2cccc3c2O[C@@H](CN(C)Cc2ccncc2)[C@@H](C)CN([C@H](C)CO)C3=O)cc1. The van der Waals surface area contributed by atoms with Crippen LogP contribution in [0.1, 0.15) is 29.8 Å². The van der Waals surface area contributed by atoms with E-state index in [1.54, 1.807) is 66.9 Å². The maximum absolute atomic E-state index is 13.7. The second kappa shape index (κ2) is 13.3.